The van der Waals surface area contributed by atoms with Gasteiger partial charge in [-0.1, -0.05) is 0 Å². The Hall–Kier alpha value is -2.62. The minimum atomic E-state index is -0.605. The fourth-order valence-corrected chi connectivity index (χ4v) is 1.50. The Morgan fingerprint density at radius 2 is 2.26 bits per heavy atom. The van der Waals surface area contributed by atoms with Gasteiger partial charge < -0.3 is 10.6 Å². The molecule has 0 aliphatic heterocycles. The highest BCUT2D eigenvalue weighted by atomic mass is 16.6. The van der Waals surface area contributed by atoms with Crippen molar-refractivity contribution in [3.8, 4) is 6.07 Å². The van der Waals surface area contributed by atoms with E-state index in [0.717, 1.165) is 0 Å². The second-order valence-electron chi connectivity index (χ2n) is 3.86. The van der Waals surface area contributed by atoms with Crippen molar-refractivity contribution in [1.29, 1.82) is 5.26 Å². The second-order valence-corrected chi connectivity index (χ2v) is 3.86. The van der Waals surface area contributed by atoms with Crippen LogP contribution in [-0.2, 0) is 4.79 Å². The first kappa shape index (κ1) is 14.4. The number of likely N-dealkylation sites (N-methyl/N-ethyl adjacent to an activating group) is 1. The number of amides is 1. The van der Waals surface area contributed by atoms with Crippen LogP contribution in [-0.4, -0.2) is 23.4 Å². The average molecular weight is 262 g/mol. The standard InChI is InChI=1S/C12H14N4O3/c1-3-14-12(17)8(2)15-10-5-4-9(7-13)6-11(10)16(18)19/h4-6,8,15H,3H2,1-2H3,(H,14,17). The Labute approximate surface area is 110 Å². The summed E-state index contributed by atoms with van der Waals surface area (Å²) in [7, 11) is 0. The van der Waals surface area contributed by atoms with Gasteiger partial charge in [0, 0.05) is 12.6 Å². The molecule has 0 radical (unpaired) electrons. The largest absolute Gasteiger partial charge is 0.368 e. The molecule has 0 aliphatic carbocycles. The van der Waals surface area contributed by atoms with Crippen molar-refractivity contribution in [3.05, 3.63) is 33.9 Å². The van der Waals surface area contributed by atoms with E-state index in [2.05, 4.69) is 10.6 Å². The predicted molar refractivity (Wildman–Crippen MR) is 69.6 cm³/mol. The van der Waals surface area contributed by atoms with Crippen LogP contribution in [0.2, 0.25) is 0 Å². The fraction of sp³-hybridized carbons (Fsp3) is 0.333. The highest BCUT2D eigenvalue weighted by molar-refractivity contribution is 5.85. The van der Waals surface area contributed by atoms with Gasteiger partial charge in [-0.05, 0) is 26.0 Å². The highest BCUT2D eigenvalue weighted by Crippen LogP contribution is 2.25. The number of hydrogen-bond donors (Lipinski definition) is 2. The number of nitro benzene ring substituents is 1. The first-order chi connectivity index (χ1) is 8.99. The quantitative estimate of drug-likeness (QED) is 0.616. The molecule has 1 aromatic rings. The molecule has 19 heavy (non-hydrogen) atoms. The first-order valence-electron chi connectivity index (χ1n) is 5.72. The van der Waals surface area contributed by atoms with Crippen molar-refractivity contribution >= 4 is 17.3 Å². The maximum Gasteiger partial charge on any atom is 0.293 e. The summed E-state index contributed by atoms with van der Waals surface area (Å²) in [5, 5.41) is 25.0. The molecule has 1 amide bonds. The van der Waals surface area contributed by atoms with E-state index in [4.69, 9.17) is 5.26 Å². The molecule has 0 saturated carbocycles. The van der Waals surface area contributed by atoms with Crippen molar-refractivity contribution in [1.82, 2.24) is 5.32 Å². The third-order valence-electron chi connectivity index (χ3n) is 2.44. The van der Waals surface area contributed by atoms with E-state index in [1.807, 2.05) is 6.07 Å². The smallest absolute Gasteiger partial charge is 0.293 e. The summed E-state index contributed by atoms with van der Waals surface area (Å²) in [6.07, 6.45) is 0. The highest BCUT2D eigenvalue weighted by Gasteiger charge is 2.19. The lowest BCUT2D eigenvalue weighted by molar-refractivity contribution is -0.384. The number of nitro groups is 1. The summed E-state index contributed by atoms with van der Waals surface area (Å²) < 4.78 is 0. The molecule has 7 nitrogen and oxygen atoms in total. The Bertz CT molecular complexity index is 536. The van der Waals surface area contributed by atoms with Crippen molar-refractivity contribution in [2.75, 3.05) is 11.9 Å². The summed E-state index contributed by atoms with van der Waals surface area (Å²) in [6.45, 7) is 3.88. The maximum atomic E-state index is 11.6. The Kier molecular flexibility index (Phi) is 4.83. The molecule has 0 saturated heterocycles. The molecule has 1 aromatic carbocycles. The van der Waals surface area contributed by atoms with Gasteiger partial charge in [-0.2, -0.15) is 5.26 Å². The second kappa shape index (κ2) is 6.35. The molecule has 7 heteroatoms. The van der Waals surface area contributed by atoms with Crippen LogP contribution in [0.1, 0.15) is 19.4 Å². The van der Waals surface area contributed by atoms with Gasteiger partial charge in [0.05, 0.1) is 16.6 Å². The predicted octanol–water partition coefficient (Wildman–Crippen LogP) is 1.40. The molecular formula is C12H14N4O3. The van der Waals surface area contributed by atoms with E-state index < -0.39 is 11.0 Å². The van der Waals surface area contributed by atoms with Gasteiger partial charge in [0.15, 0.2) is 0 Å². The van der Waals surface area contributed by atoms with Gasteiger partial charge >= 0.3 is 0 Å². The third kappa shape index (κ3) is 3.67. The average Bonchev–Trinajstić information content (AvgIpc) is 2.39. The molecule has 0 aromatic heterocycles. The summed E-state index contributed by atoms with van der Waals surface area (Å²) in [4.78, 5) is 21.9. The van der Waals surface area contributed by atoms with E-state index in [1.54, 1.807) is 13.8 Å². The molecular weight excluding hydrogens is 248 g/mol. The lowest BCUT2D eigenvalue weighted by atomic mass is 10.1. The van der Waals surface area contributed by atoms with Crippen LogP contribution in [0.4, 0.5) is 11.4 Å². The molecule has 1 atom stereocenters. The zero-order chi connectivity index (χ0) is 14.4. The van der Waals surface area contributed by atoms with Crippen LogP contribution in [0.5, 0.6) is 0 Å². The van der Waals surface area contributed by atoms with Crippen molar-refractivity contribution in [3.63, 3.8) is 0 Å². The van der Waals surface area contributed by atoms with Crippen LogP contribution in [0.15, 0.2) is 18.2 Å². The number of carbonyl (C=O) groups is 1. The van der Waals surface area contributed by atoms with Crippen molar-refractivity contribution < 1.29 is 9.72 Å². The Morgan fingerprint density at radius 1 is 1.58 bits per heavy atom. The minimum Gasteiger partial charge on any atom is -0.368 e. The van der Waals surface area contributed by atoms with Crippen LogP contribution in [0.25, 0.3) is 0 Å². The number of rotatable bonds is 5. The molecule has 0 bridgehead atoms. The van der Waals surface area contributed by atoms with Gasteiger partial charge in [-0.3, -0.25) is 14.9 Å². The van der Waals surface area contributed by atoms with E-state index in [-0.39, 0.29) is 22.8 Å². The lowest BCUT2D eigenvalue weighted by Crippen LogP contribution is -2.37. The number of nitrogens with zero attached hydrogens (tertiary/aromatic N) is 2. The van der Waals surface area contributed by atoms with Gasteiger partial charge in [0.1, 0.15) is 11.7 Å². The van der Waals surface area contributed by atoms with Gasteiger partial charge in [0.25, 0.3) is 5.69 Å². The van der Waals surface area contributed by atoms with Gasteiger partial charge in [-0.15, -0.1) is 0 Å². The number of nitrogens with one attached hydrogen (secondary N) is 2. The Morgan fingerprint density at radius 3 is 2.79 bits per heavy atom. The molecule has 1 unspecified atom stereocenters. The van der Waals surface area contributed by atoms with Crippen molar-refractivity contribution in [2.45, 2.75) is 19.9 Å². The minimum absolute atomic E-state index is 0.197. The van der Waals surface area contributed by atoms with Gasteiger partial charge in [0.2, 0.25) is 5.91 Å². The molecule has 2 N–H and O–H groups in total. The normalized spacial score (nSPS) is 11.2. The molecule has 0 spiro atoms. The van der Waals surface area contributed by atoms with Crippen LogP contribution in [0, 0.1) is 21.4 Å². The number of nitriles is 1. The topological polar surface area (TPSA) is 108 Å². The molecule has 1 rings (SSSR count). The summed E-state index contributed by atoms with van der Waals surface area (Å²) in [6, 6.07) is 5.28. The summed E-state index contributed by atoms with van der Waals surface area (Å²) >= 11 is 0. The maximum absolute atomic E-state index is 11.6. The molecule has 0 aliphatic rings. The SMILES string of the molecule is CCNC(=O)C(C)Nc1ccc(C#N)cc1[N+](=O)[O-]. The summed E-state index contributed by atoms with van der Waals surface area (Å²) in [5.41, 5.74) is 0.181. The summed E-state index contributed by atoms with van der Waals surface area (Å²) in [5.74, 6) is -0.249. The number of benzene rings is 1. The van der Waals surface area contributed by atoms with E-state index in [9.17, 15) is 14.9 Å². The monoisotopic (exact) mass is 262 g/mol. The number of anilines is 1. The lowest BCUT2D eigenvalue weighted by Gasteiger charge is -2.14. The van der Waals surface area contributed by atoms with E-state index >= 15 is 0 Å². The van der Waals surface area contributed by atoms with Gasteiger partial charge in [-0.25, -0.2) is 0 Å². The van der Waals surface area contributed by atoms with E-state index in [1.165, 1.54) is 18.2 Å². The zero-order valence-corrected chi connectivity index (χ0v) is 10.6. The van der Waals surface area contributed by atoms with Crippen LogP contribution >= 0.6 is 0 Å². The third-order valence-corrected chi connectivity index (χ3v) is 2.44. The fourth-order valence-electron chi connectivity index (χ4n) is 1.50. The first-order valence-corrected chi connectivity index (χ1v) is 5.72. The number of hydrogen-bond acceptors (Lipinski definition) is 5. The molecule has 0 heterocycles. The number of carbonyl (C=O) groups excluding carboxylic acids is 1. The Balaban J connectivity index is 2.98. The van der Waals surface area contributed by atoms with Crippen LogP contribution < -0.4 is 10.6 Å². The van der Waals surface area contributed by atoms with E-state index in [0.29, 0.717) is 6.54 Å². The zero-order valence-electron chi connectivity index (χ0n) is 10.6. The molecule has 100 valence electrons. The van der Waals surface area contributed by atoms with Crippen molar-refractivity contribution in [2.24, 2.45) is 0 Å². The van der Waals surface area contributed by atoms with Crippen LogP contribution in [0.3, 0.4) is 0 Å². The molecule has 0 fully saturated rings.